The SMILES string of the molecule is COC[C@H]1CN(C(=O)[C@@]2(OC)CCN([C@H]3CC[C@@H](OC)CC3)C2)C[C@@H]1c1ccc(C(F)(F)F)cc1N1CCC(C(=O)O)CC1. The standard InChI is InChI=1S/C32H46F3N3O6/c1-42-19-22-17-38(30(41)31(44-3)12-15-37(20-31)24-5-7-25(43-2)8-6-24)18-27(22)26-9-4-23(32(33,34)35)16-28(26)36-13-10-21(11-14-36)29(39)40/h4,9,16,21-22,24-25,27H,5-8,10-15,17-20H2,1-3H3,(H,39,40)/t22-,24-,25+,27+,31-/m1/s1. The average Bonchev–Trinajstić information content (AvgIpc) is 3.66. The second kappa shape index (κ2) is 13.5. The number of anilines is 1. The number of carbonyl (C=O) groups excluding carboxylic acids is 1. The topological polar surface area (TPSA) is 91.8 Å². The summed E-state index contributed by atoms with van der Waals surface area (Å²) in [6, 6.07) is 4.23. The molecule has 4 fully saturated rings. The monoisotopic (exact) mass is 625 g/mol. The van der Waals surface area contributed by atoms with Gasteiger partial charge in [-0.05, 0) is 62.6 Å². The number of alkyl halides is 3. The number of aliphatic carboxylic acids is 1. The zero-order valence-electron chi connectivity index (χ0n) is 26.0. The van der Waals surface area contributed by atoms with E-state index < -0.39 is 29.2 Å². The highest BCUT2D eigenvalue weighted by molar-refractivity contribution is 5.86. The van der Waals surface area contributed by atoms with E-state index in [1.807, 2.05) is 9.80 Å². The van der Waals surface area contributed by atoms with Gasteiger partial charge in [-0.15, -0.1) is 0 Å². The van der Waals surface area contributed by atoms with Gasteiger partial charge in [0.2, 0.25) is 0 Å². The Bertz CT molecular complexity index is 1170. The van der Waals surface area contributed by atoms with Crippen LogP contribution in [0.2, 0.25) is 0 Å². The van der Waals surface area contributed by atoms with Gasteiger partial charge in [-0.1, -0.05) is 6.07 Å². The minimum Gasteiger partial charge on any atom is -0.481 e. The van der Waals surface area contributed by atoms with Crippen LogP contribution in [0.15, 0.2) is 18.2 Å². The maximum atomic E-state index is 14.2. The molecule has 9 nitrogen and oxygen atoms in total. The molecule has 1 saturated carbocycles. The van der Waals surface area contributed by atoms with Crippen LogP contribution in [0.1, 0.15) is 62.0 Å². The number of rotatable bonds is 9. The first kappa shape index (κ1) is 33.0. The number of hydrogen-bond acceptors (Lipinski definition) is 7. The molecule has 1 aliphatic carbocycles. The van der Waals surface area contributed by atoms with Crippen molar-refractivity contribution in [2.75, 3.05) is 72.1 Å². The third-order valence-electron chi connectivity index (χ3n) is 10.6. The van der Waals surface area contributed by atoms with Crippen molar-refractivity contribution in [2.24, 2.45) is 11.8 Å². The van der Waals surface area contributed by atoms with E-state index in [0.717, 1.165) is 43.9 Å². The molecule has 4 aliphatic rings. The summed E-state index contributed by atoms with van der Waals surface area (Å²) in [6.45, 7) is 3.12. The summed E-state index contributed by atoms with van der Waals surface area (Å²) in [5.41, 5.74) is -0.510. The molecule has 1 N–H and O–H groups in total. The lowest BCUT2D eigenvalue weighted by Gasteiger charge is -2.36. The van der Waals surface area contributed by atoms with Crippen LogP contribution in [-0.4, -0.2) is 112 Å². The molecular formula is C32H46F3N3O6. The van der Waals surface area contributed by atoms with Crippen molar-refractivity contribution < 1.29 is 42.1 Å². The van der Waals surface area contributed by atoms with E-state index in [0.29, 0.717) is 76.4 Å². The van der Waals surface area contributed by atoms with Crippen molar-refractivity contribution in [3.63, 3.8) is 0 Å². The molecule has 12 heteroatoms. The molecule has 0 spiro atoms. The molecule has 3 heterocycles. The second-order valence-electron chi connectivity index (χ2n) is 13.0. The number of methoxy groups -OCH3 is 3. The summed E-state index contributed by atoms with van der Waals surface area (Å²) >= 11 is 0. The molecule has 3 saturated heterocycles. The minimum absolute atomic E-state index is 0.0765. The summed E-state index contributed by atoms with van der Waals surface area (Å²) in [7, 11) is 4.94. The van der Waals surface area contributed by atoms with Gasteiger partial charge in [0.05, 0.1) is 24.2 Å². The predicted molar refractivity (Wildman–Crippen MR) is 158 cm³/mol. The molecule has 246 valence electrons. The van der Waals surface area contributed by atoms with Gasteiger partial charge >= 0.3 is 12.1 Å². The first-order valence-electron chi connectivity index (χ1n) is 15.8. The molecule has 0 bridgehead atoms. The number of hydrogen-bond donors (Lipinski definition) is 1. The number of ether oxygens (including phenoxy) is 3. The molecule has 5 rings (SSSR count). The van der Waals surface area contributed by atoms with Gasteiger partial charge in [-0.25, -0.2) is 0 Å². The van der Waals surface area contributed by atoms with Gasteiger partial charge in [0.15, 0.2) is 5.60 Å². The third-order valence-corrected chi connectivity index (χ3v) is 10.6. The maximum absolute atomic E-state index is 14.2. The normalized spacial score (nSPS) is 30.7. The fourth-order valence-electron chi connectivity index (χ4n) is 7.93. The Kier molecular flexibility index (Phi) is 10.1. The number of piperidine rings is 1. The number of halogens is 3. The zero-order chi connectivity index (χ0) is 31.6. The van der Waals surface area contributed by atoms with Crippen LogP contribution in [0.3, 0.4) is 0 Å². The third kappa shape index (κ3) is 6.73. The van der Waals surface area contributed by atoms with Crippen LogP contribution in [0.5, 0.6) is 0 Å². The van der Waals surface area contributed by atoms with Crippen molar-refractivity contribution >= 4 is 17.6 Å². The van der Waals surface area contributed by atoms with Crippen LogP contribution in [0.25, 0.3) is 0 Å². The first-order chi connectivity index (χ1) is 21.0. The quantitative estimate of drug-likeness (QED) is 0.436. The first-order valence-corrected chi connectivity index (χ1v) is 15.8. The number of carboxylic acid groups (broad SMARTS) is 1. The Morgan fingerprint density at radius 2 is 1.70 bits per heavy atom. The van der Waals surface area contributed by atoms with E-state index in [4.69, 9.17) is 14.2 Å². The van der Waals surface area contributed by atoms with Crippen molar-refractivity contribution in [1.29, 1.82) is 0 Å². The van der Waals surface area contributed by atoms with E-state index in [9.17, 15) is 27.9 Å². The van der Waals surface area contributed by atoms with Crippen molar-refractivity contribution in [3.05, 3.63) is 29.3 Å². The lowest BCUT2D eigenvalue weighted by atomic mass is 9.86. The van der Waals surface area contributed by atoms with E-state index in [2.05, 4.69) is 4.90 Å². The van der Waals surface area contributed by atoms with Gasteiger partial charge in [0, 0.05) is 84.2 Å². The summed E-state index contributed by atoms with van der Waals surface area (Å²) < 4.78 is 58.6. The Hall–Kier alpha value is -2.41. The summed E-state index contributed by atoms with van der Waals surface area (Å²) in [5, 5.41) is 9.45. The zero-order valence-corrected chi connectivity index (χ0v) is 26.0. The highest BCUT2D eigenvalue weighted by Crippen LogP contribution is 2.43. The van der Waals surface area contributed by atoms with Crippen molar-refractivity contribution in [1.82, 2.24) is 9.80 Å². The van der Waals surface area contributed by atoms with E-state index >= 15 is 0 Å². The maximum Gasteiger partial charge on any atom is 0.416 e. The molecule has 1 aromatic rings. The van der Waals surface area contributed by atoms with Crippen LogP contribution in [-0.2, 0) is 30.0 Å². The smallest absolute Gasteiger partial charge is 0.416 e. The summed E-state index contributed by atoms with van der Waals surface area (Å²) in [5.74, 6) is -1.82. The Balaban J connectivity index is 1.37. The number of amides is 1. The highest BCUT2D eigenvalue weighted by atomic mass is 19.4. The molecule has 1 amide bonds. The fourth-order valence-corrected chi connectivity index (χ4v) is 7.93. The number of benzene rings is 1. The second-order valence-corrected chi connectivity index (χ2v) is 13.0. The largest absolute Gasteiger partial charge is 0.481 e. The van der Waals surface area contributed by atoms with Crippen LogP contribution >= 0.6 is 0 Å². The summed E-state index contributed by atoms with van der Waals surface area (Å²) in [6.07, 6.45) is 1.14. The molecular weight excluding hydrogens is 579 g/mol. The lowest BCUT2D eigenvalue weighted by Crippen LogP contribution is -2.52. The minimum atomic E-state index is -4.52. The Morgan fingerprint density at radius 3 is 2.30 bits per heavy atom. The number of carbonyl (C=O) groups is 2. The van der Waals surface area contributed by atoms with E-state index in [-0.39, 0.29) is 17.7 Å². The van der Waals surface area contributed by atoms with Crippen LogP contribution in [0, 0.1) is 11.8 Å². The molecule has 44 heavy (non-hydrogen) atoms. The number of carboxylic acids is 1. The van der Waals surface area contributed by atoms with Crippen molar-refractivity contribution in [2.45, 2.75) is 74.8 Å². The highest BCUT2D eigenvalue weighted by Gasteiger charge is 2.51. The Labute approximate surface area is 257 Å². The fraction of sp³-hybridized carbons (Fsp3) is 0.750. The van der Waals surface area contributed by atoms with Gasteiger partial charge < -0.3 is 29.1 Å². The van der Waals surface area contributed by atoms with Crippen LogP contribution < -0.4 is 4.90 Å². The molecule has 0 radical (unpaired) electrons. The number of likely N-dealkylation sites (tertiary alicyclic amines) is 2. The van der Waals surface area contributed by atoms with Gasteiger partial charge in [-0.2, -0.15) is 13.2 Å². The van der Waals surface area contributed by atoms with Crippen molar-refractivity contribution in [3.8, 4) is 0 Å². The van der Waals surface area contributed by atoms with E-state index in [1.54, 1.807) is 27.4 Å². The molecule has 3 atom stereocenters. The number of nitrogens with zero attached hydrogens (tertiary/aromatic N) is 3. The molecule has 0 unspecified atom stereocenters. The lowest BCUT2D eigenvalue weighted by molar-refractivity contribution is -0.153. The van der Waals surface area contributed by atoms with Crippen LogP contribution in [0.4, 0.5) is 18.9 Å². The van der Waals surface area contributed by atoms with Gasteiger partial charge in [-0.3, -0.25) is 14.5 Å². The van der Waals surface area contributed by atoms with Gasteiger partial charge in [0.25, 0.3) is 5.91 Å². The average molecular weight is 626 g/mol. The van der Waals surface area contributed by atoms with E-state index in [1.165, 1.54) is 6.07 Å². The molecule has 3 aliphatic heterocycles. The van der Waals surface area contributed by atoms with Gasteiger partial charge in [0.1, 0.15) is 0 Å². The summed E-state index contributed by atoms with van der Waals surface area (Å²) in [4.78, 5) is 31.8. The Morgan fingerprint density at radius 1 is 1.00 bits per heavy atom. The molecule has 1 aromatic carbocycles. The predicted octanol–water partition coefficient (Wildman–Crippen LogP) is 4.24. The molecule has 0 aromatic heterocycles.